The third-order valence-corrected chi connectivity index (χ3v) is 6.48. The summed E-state index contributed by atoms with van der Waals surface area (Å²) in [4.78, 5) is 24.8. The molecule has 1 fully saturated rings. The van der Waals surface area contributed by atoms with Gasteiger partial charge in [0.1, 0.15) is 5.82 Å². The van der Waals surface area contributed by atoms with E-state index < -0.39 is 0 Å². The van der Waals surface area contributed by atoms with Crippen molar-refractivity contribution in [1.82, 2.24) is 14.9 Å². The molecule has 168 valence electrons. The van der Waals surface area contributed by atoms with Crippen LogP contribution in [0.2, 0.25) is 5.02 Å². The molecule has 2 aromatic heterocycles. The molecule has 2 N–H and O–H groups in total. The molecule has 1 aliphatic heterocycles. The number of nitrogens with one attached hydrogen (secondary N) is 1. The van der Waals surface area contributed by atoms with Gasteiger partial charge in [-0.25, -0.2) is 0 Å². The quantitative estimate of drug-likeness (QED) is 0.465. The first-order valence-corrected chi connectivity index (χ1v) is 11.4. The van der Waals surface area contributed by atoms with E-state index in [4.69, 9.17) is 11.6 Å². The minimum absolute atomic E-state index is 0.0397. The largest absolute Gasteiger partial charge is 0.392 e. The number of carbonyl (C=O) groups excluding carboxylic acids is 1. The van der Waals surface area contributed by atoms with Crippen LogP contribution in [-0.4, -0.2) is 52.1 Å². The highest BCUT2D eigenvalue weighted by molar-refractivity contribution is 6.31. The van der Waals surface area contributed by atoms with Crippen LogP contribution in [0.25, 0.3) is 22.0 Å². The first kappa shape index (κ1) is 21.5. The van der Waals surface area contributed by atoms with E-state index in [0.29, 0.717) is 36.8 Å². The maximum atomic E-state index is 13.1. The number of halogens is 1. The van der Waals surface area contributed by atoms with Gasteiger partial charge in [-0.05, 0) is 60.5 Å². The number of nitrogens with zero attached hydrogens (tertiary/aromatic N) is 3. The van der Waals surface area contributed by atoms with E-state index in [1.54, 1.807) is 6.20 Å². The fraction of sp³-hybridized carbons (Fsp3) is 0.231. The molecule has 0 spiro atoms. The summed E-state index contributed by atoms with van der Waals surface area (Å²) in [5, 5.41) is 11.6. The summed E-state index contributed by atoms with van der Waals surface area (Å²) in [5.74, 6) is 0.941. The topological polar surface area (TPSA) is 72.5 Å². The number of anilines is 1. The zero-order valence-electron chi connectivity index (χ0n) is 18.4. The van der Waals surface area contributed by atoms with Crippen LogP contribution in [0.3, 0.4) is 0 Å². The first-order valence-electron chi connectivity index (χ1n) is 11.0. The molecule has 3 heterocycles. The number of aliphatic hydroxyl groups is 1. The van der Waals surface area contributed by atoms with Crippen LogP contribution in [0.15, 0.2) is 60.8 Å². The van der Waals surface area contributed by atoms with Crippen LogP contribution >= 0.6 is 11.6 Å². The van der Waals surface area contributed by atoms with Gasteiger partial charge in [-0.1, -0.05) is 23.7 Å². The Hall–Kier alpha value is -3.35. The number of aliphatic hydroxyl groups excluding tert-OH is 1. The zero-order valence-corrected chi connectivity index (χ0v) is 19.1. The lowest BCUT2D eigenvalue weighted by Gasteiger charge is -2.36. The first-order chi connectivity index (χ1) is 16.0. The maximum Gasteiger partial charge on any atom is 0.253 e. The molecule has 0 unspecified atom stereocenters. The van der Waals surface area contributed by atoms with Crippen molar-refractivity contribution < 1.29 is 9.90 Å². The van der Waals surface area contributed by atoms with Crippen molar-refractivity contribution >= 4 is 34.2 Å². The van der Waals surface area contributed by atoms with Crippen LogP contribution in [0.4, 0.5) is 5.82 Å². The van der Waals surface area contributed by atoms with Crippen molar-refractivity contribution in [3.05, 3.63) is 82.6 Å². The number of hydrogen-bond donors (Lipinski definition) is 2. The number of benzene rings is 2. The van der Waals surface area contributed by atoms with Crippen molar-refractivity contribution in [1.29, 1.82) is 0 Å². The van der Waals surface area contributed by atoms with Crippen LogP contribution in [0.5, 0.6) is 0 Å². The fourth-order valence-electron chi connectivity index (χ4n) is 4.48. The molecule has 0 saturated carbocycles. The summed E-state index contributed by atoms with van der Waals surface area (Å²) in [6.07, 6.45) is 1.80. The highest BCUT2D eigenvalue weighted by Crippen LogP contribution is 2.32. The highest BCUT2D eigenvalue weighted by Gasteiger charge is 2.25. The van der Waals surface area contributed by atoms with E-state index in [1.165, 1.54) is 0 Å². The van der Waals surface area contributed by atoms with E-state index >= 15 is 0 Å². The molecule has 1 amide bonds. The highest BCUT2D eigenvalue weighted by atomic mass is 35.5. The number of rotatable bonds is 4. The molecule has 0 radical (unpaired) electrons. The number of piperazine rings is 1. The Morgan fingerprint density at radius 2 is 1.79 bits per heavy atom. The Balaban J connectivity index is 1.28. The second-order valence-corrected chi connectivity index (χ2v) is 8.78. The third kappa shape index (κ3) is 4.19. The molecule has 5 rings (SSSR count). The van der Waals surface area contributed by atoms with Gasteiger partial charge < -0.3 is 19.9 Å². The third-order valence-electron chi connectivity index (χ3n) is 6.25. The molecule has 33 heavy (non-hydrogen) atoms. The fourth-order valence-corrected chi connectivity index (χ4v) is 4.65. The summed E-state index contributed by atoms with van der Waals surface area (Å²) < 4.78 is 0. The smallest absolute Gasteiger partial charge is 0.253 e. The summed E-state index contributed by atoms with van der Waals surface area (Å²) >= 11 is 6.15. The van der Waals surface area contributed by atoms with E-state index in [2.05, 4.69) is 14.9 Å². The molecule has 0 bridgehead atoms. The summed E-state index contributed by atoms with van der Waals surface area (Å²) in [5.41, 5.74) is 5.60. The molecule has 4 aromatic rings. The maximum absolute atomic E-state index is 13.1. The SMILES string of the molecule is Cc1cc(-c2ccc(C(=O)N3CCN(c4[nH]c5ccc(Cl)cc5c4CO)CC3)cc2)ccn1. The van der Waals surface area contributed by atoms with Gasteiger partial charge in [-0.15, -0.1) is 0 Å². The Bertz CT molecular complexity index is 1310. The summed E-state index contributed by atoms with van der Waals surface area (Å²) in [7, 11) is 0. The number of carbonyl (C=O) groups is 1. The van der Waals surface area contributed by atoms with Gasteiger partial charge in [0.15, 0.2) is 0 Å². The lowest BCUT2D eigenvalue weighted by molar-refractivity contribution is 0.0746. The molecule has 6 nitrogen and oxygen atoms in total. The van der Waals surface area contributed by atoms with Crippen molar-refractivity contribution in [3.8, 4) is 11.1 Å². The molecule has 2 aromatic carbocycles. The number of hydrogen-bond acceptors (Lipinski definition) is 4. The van der Waals surface area contributed by atoms with Crippen molar-refractivity contribution in [2.75, 3.05) is 31.1 Å². The number of pyridine rings is 1. The average molecular weight is 461 g/mol. The van der Waals surface area contributed by atoms with Crippen LogP contribution in [0, 0.1) is 6.92 Å². The van der Waals surface area contributed by atoms with Gasteiger partial charge in [-0.3, -0.25) is 9.78 Å². The number of aromatic amines is 1. The van der Waals surface area contributed by atoms with Crippen molar-refractivity contribution in [2.24, 2.45) is 0 Å². The summed E-state index contributed by atoms with van der Waals surface area (Å²) in [6, 6.07) is 17.4. The number of fused-ring (bicyclic) bond motifs is 1. The Morgan fingerprint density at radius 3 is 2.48 bits per heavy atom. The minimum atomic E-state index is -0.0713. The van der Waals surface area contributed by atoms with Gasteiger partial charge in [-0.2, -0.15) is 0 Å². The van der Waals surface area contributed by atoms with Crippen LogP contribution in [0.1, 0.15) is 21.6 Å². The molecule has 0 atom stereocenters. The number of aryl methyl sites for hydroxylation is 1. The van der Waals surface area contributed by atoms with Gasteiger partial charge >= 0.3 is 0 Å². The summed E-state index contributed by atoms with van der Waals surface area (Å²) in [6.45, 7) is 4.51. The number of H-pyrrole nitrogens is 1. The van der Waals surface area contributed by atoms with Crippen molar-refractivity contribution in [3.63, 3.8) is 0 Å². The Morgan fingerprint density at radius 1 is 1.03 bits per heavy atom. The van der Waals surface area contributed by atoms with Gasteiger partial charge in [0, 0.05) is 65.1 Å². The zero-order chi connectivity index (χ0) is 22.9. The molecule has 7 heteroatoms. The van der Waals surface area contributed by atoms with Crippen molar-refractivity contribution in [2.45, 2.75) is 13.5 Å². The van der Waals surface area contributed by atoms with Gasteiger partial charge in [0.2, 0.25) is 0 Å². The second kappa shape index (κ2) is 8.89. The number of aromatic nitrogens is 2. The van der Waals surface area contributed by atoms with E-state index in [-0.39, 0.29) is 12.5 Å². The average Bonchev–Trinajstić information content (AvgIpc) is 3.21. The van der Waals surface area contributed by atoms with Crippen LogP contribution < -0.4 is 4.90 Å². The standard InChI is InChI=1S/C26H25ClN4O2/c1-17-14-20(8-9-28-17)18-2-4-19(5-3-18)26(33)31-12-10-30(11-13-31)25-23(16-32)22-15-21(27)6-7-24(22)29-25/h2-9,14-15,29,32H,10-13,16H2,1H3. The molecular weight excluding hydrogens is 436 g/mol. The molecule has 1 aliphatic rings. The molecule has 0 aliphatic carbocycles. The normalized spacial score (nSPS) is 14.2. The second-order valence-electron chi connectivity index (χ2n) is 8.34. The predicted octanol–water partition coefficient (Wildman–Crippen LogP) is 4.65. The lowest BCUT2D eigenvalue weighted by atomic mass is 10.0. The predicted molar refractivity (Wildman–Crippen MR) is 132 cm³/mol. The van der Waals surface area contributed by atoms with Gasteiger partial charge in [0.25, 0.3) is 5.91 Å². The lowest BCUT2D eigenvalue weighted by Crippen LogP contribution is -2.49. The molecule has 1 saturated heterocycles. The molecular formula is C26H25ClN4O2. The van der Waals surface area contributed by atoms with E-state index in [9.17, 15) is 9.90 Å². The number of amides is 1. The Kier molecular flexibility index (Phi) is 5.79. The van der Waals surface area contributed by atoms with Gasteiger partial charge in [0.05, 0.1) is 6.61 Å². The monoisotopic (exact) mass is 460 g/mol. The minimum Gasteiger partial charge on any atom is -0.392 e. The van der Waals surface area contributed by atoms with E-state index in [1.807, 2.05) is 66.4 Å². The Labute approximate surface area is 197 Å². The van der Waals surface area contributed by atoms with E-state index in [0.717, 1.165) is 39.1 Å². The van der Waals surface area contributed by atoms with Crippen LogP contribution in [-0.2, 0) is 6.61 Å².